The Morgan fingerprint density at radius 2 is 2.05 bits per heavy atom. The van der Waals surface area contributed by atoms with Crippen LogP contribution in [0.25, 0.3) is 0 Å². The van der Waals surface area contributed by atoms with Gasteiger partial charge >= 0.3 is 5.97 Å². The van der Waals surface area contributed by atoms with Crippen LogP contribution in [0.5, 0.6) is 5.75 Å². The lowest BCUT2D eigenvalue weighted by Crippen LogP contribution is -2.41. The number of nitrogens with zero attached hydrogens (tertiary/aromatic N) is 1. The van der Waals surface area contributed by atoms with E-state index in [1.807, 2.05) is 12.1 Å². The molecular formula is C16H24N2O3. The van der Waals surface area contributed by atoms with Crippen LogP contribution >= 0.6 is 0 Å². The van der Waals surface area contributed by atoms with Crippen LogP contribution in [0.15, 0.2) is 18.2 Å². The van der Waals surface area contributed by atoms with Crippen molar-refractivity contribution in [1.29, 1.82) is 0 Å². The van der Waals surface area contributed by atoms with Gasteiger partial charge in [0.2, 0.25) is 0 Å². The highest BCUT2D eigenvalue weighted by molar-refractivity contribution is 5.71. The van der Waals surface area contributed by atoms with Gasteiger partial charge in [-0.15, -0.1) is 0 Å². The lowest BCUT2D eigenvalue weighted by Gasteiger charge is -2.32. The molecule has 1 heterocycles. The molecule has 1 saturated heterocycles. The van der Waals surface area contributed by atoms with Gasteiger partial charge in [-0.05, 0) is 31.4 Å². The van der Waals surface area contributed by atoms with E-state index in [0.29, 0.717) is 12.6 Å². The van der Waals surface area contributed by atoms with Gasteiger partial charge in [-0.25, -0.2) is 0 Å². The zero-order chi connectivity index (χ0) is 15.2. The molecule has 1 N–H and O–H groups in total. The van der Waals surface area contributed by atoms with Crippen LogP contribution in [0.1, 0.15) is 18.4 Å². The van der Waals surface area contributed by atoms with Crippen LogP contribution in [0.3, 0.4) is 0 Å². The second-order valence-corrected chi connectivity index (χ2v) is 5.45. The molecule has 1 fully saturated rings. The third-order valence-corrected chi connectivity index (χ3v) is 3.97. The first-order valence-corrected chi connectivity index (χ1v) is 7.32. The SMILES string of the molecule is COC(=O)CN1CCC(Nc2cc(OC)ccc2C)CC1. The third-order valence-electron chi connectivity index (χ3n) is 3.97. The summed E-state index contributed by atoms with van der Waals surface area (Å²) in [4.78, 5) is 13.4. The number of carbonyl (C=O) groups is 1. The number of anilines is 1. The molecule has 0 spiro atoms. The summed E-state index contributed by atoms with van der Waals surface area (Å²) in [6.07, 6.45) is 2.04. The fraction of sp³-hybridized carbons (Fsp3) is 0.562. The van der Waals surface area contributed by atoms with Crippen molar-refractivity contribution >= 4 is 11.7 Å². The van der Waals surface area contributed by atoms with E-state index < -0.39 is 0 Å². The quantitative estimate of drug-likeness (QED) is 0.842. The Morgan fingerprint density at radius 3 is 2.67 bits per heavy atom. The van der Waals surface area contributed by atoms with Crippen LogP contribution in [0, 0.1) is 6.92 Å². The highest BCUT2D eigenvalue weighted by atomic mass is 16.5. The normalized spacial score (nSPS) is 16.5. The number of likely N-dealkylation sites (tertiary alicyclic amines) is 1. The van der Waals surface area contributed by atoms with Gasteiger partial charge in [0.1, 0.15) is 5.75 Å². The van der Waals surface area contributed by atoms with E-state index in [0.717, 1.165) is 37.4 Å². The van der Waals surface area contributed by atoms with Gasteiger partial charge in [0.25, 0.3) is 0 Å². The van der Waals surface area contributed by atoms with Crippen molar-refractivity contribution in [2.45, 2.75) is 25.8 Å². The van der Waals surface area contributed by atoms with Gasteiger partial charge in [-0.2, -0.15) is 0 Å². The molecular weight excluding hydrogens is 268 g/mol. The van der Waals surface area contributed by atoms with E-state index in [1.165, 1.54) is 12.7 Å². The molecule has 1 aromatic carbocycles. The molecule has 5 heteroatoms. The summed E-state index contributed by atoms with van der Waals surface area (Å²) in [5.41, 5.74) is 2.34. The second kappa shape index (κ2) is 7.31. The van der Waals surface area contributed by atoms with E-state index in [1.54, 1.807) is 7.11 Å². The minimum atomic E-state index is -0.162. The van der Waals surface area contributed by atoms with Crippen molar-refractivity contribution in [2.75, 3.05) is 39.2 Å². The van der Waals surface area contributed by atoms with Gasteiger partial charge in [-0.3, -0.25) is 9.69 Å². The molecule has 0 radical (unpaired) electrons. The lowest BCUT2D eigenvalue weighted by atomic mass is 10.0. The maximum Gasteiger partial charge on any atom is 0.319 e. The summed E-state index contributed by atoms with van der Waals surface area (Å²) >= 11 is 0. The molecule has 2 rings (SSSR count). The lowest BCUT2D eigenvalue weighted by molar-refractivity contribution is -0.142. The average molecular weight is 292 g/mol. The second-order valence-electron chi connectivity index (χ2n) is 5.45. The number of piperidine rings is 1. The number of esters is 1. The number of rotatable bonds is 5. The van der Waals surface area contributed by atoms with Crippen LogP contribution in [-0.4, -0.2) is 50.8 Å². The number of benzene rings is 1. The number of hydrogen-bond donors (Lipinski definition) is 1. The number of ether oxygens (including phenoxy) is 2. The van der Waals surface area contributed by atoms with E-state index in [4.69, 9.17) is 9.47 Å². The smallest absolute Gasteiger partial charge is 0.319 e. The maximum atomic E-state index is 11.3. The molecule has 5 nitrogen and oxygen atoms in total. The Balaban J connectivity index is 1.87. The minimum Gasteiger partial charge on any atom is -0.497 e. The summed E-state index contributed by atoms with van der Waals surface area (Å²) in [6.45, 7) is 4.31. The van der Waals surface area contributed by atoms with Crippen molar-refractivity contribution in [3.05, 3.63) is 23.8 Å². The largest absolute Gasteiger partial charge is 0.497 e. The van der Waals surface area contributed by atoms with Crippen molar-refractivity contribution in [1.82, 2.24) is 4.90 Å². The Morgan fingerprint density at radius 1 is 1.33 bits per heavy atom. The molecule has 0 aromatic heterocycles. The van der Waals surface area contributed by atoms with Crippen LogP contribution in [0.4, 0.5) is 5.69 Å². The van der Waals surface area contributed by atoms with E-state index >= 15 is 0 Å². The number of hydrogen-bond acceptors (Lipinski definition) is 5. The predicted molar refractivity (Wildman–Crippen MR) is 82.8 cm³/mol. The first-order chi connectivity index (χ1) is 10.1. The molecule has 0 saturated carbocycles. The number of aryl methyl sites for hydroxylation is 1. The molecule has 0 unspecified atom stereocenters. The molecule has 0 atom stereocenters. The molecule has 0 bridgehead atoms. The minimum absolute atomic E-state index is 0.162. The molecule has 0 amide bonds. The van der Waals surface area contributed by atoms with Gasteiger partial charge < -0.3 is 14.8 Å². The van der Waals surface area contributed by atoms with Crippen molar-refractivity contribution in [3.63, 3.8) is 0 Å². The van der Waals surface area contributed by atoms with Gasteiger partial charge in [-0.1, -0.05) is 6.07 Å². The zero-order valence-electron chi connectivity index (χ0n) is 13.0. The molecule has 21 heavy (non-hydrogen) atoms. The first-order valence-electron chi connectivity index (χ1n) is 7.32. The molecule has 1 aliphatic rings. The summed E-state index contributed by atoms with van der Waals surface area (Å²) < 4.78 is 9.98. The predicted octanol–water partition coefficient (Wildman–Crippen LogP) is 2.05. The van der Waals surface area contributed by atoms with Gasteiger partial charge in [0.05, 0.1) is 20.8 Å². The highest BCUT2D eigenvalue weighted by Gasteiger charge is 2.21. The zero-order valence-corrected chi connectivity index (χ0v) is 13.0. The average Bonchev–Trinajstić information content (AvgIpc) is 2.51. The van der Waals surface area contributed by atoms with E-state index in [9.17, 15) is 4.79 Å². The standard InChI is InChI=1S/C16H24N2O3/c1-12-4-5-14(20-2)10-15(12)17-13-6-8-18(9-7-13)11-16(19)21-3/h4-5,10,13,17H,6-9,11H2,1-3H3. The fourth-order valence-corrected chi connectivity index (χ4v) is 2.59. The summed E-state index contributed by atoms with van der Waals surface area (Å²) in [7, 11) is 3.11. The van der Waals surface area contributed by atoms with Crippen molar-refractivity contribution < 1.29 is 14.3 Å². The van der Waals surface area contributed by atoms with E-state index in [-0.39, 0.29) is 5.97 Å². The first kappa shape index (κ1) is 15.6. The number of nitrogens with one attached hydrogen (secondary N) is 1. The molecule has 1 aliphatic heterocycles. The van der Waals surface area contributed by atoms with Crippen LogP contribution in [0.2, 0.25) is 0 Å². The van der Waals surface area contributed by atoms with Gasteiger partial charge in [0, 0.05) is 30.9 Å². The highest BCUT2D eigenvalue weighted by Crippen LogP contribution is 2.24. The summed E-state index contributed by atoms with van der Waals surface area (Å²) in [6, 6.07) is 6.51. The molecule has 1 aromatic rings. The summed E-state index contributed by atoms with van der Waals surface area (Å²) in [5.74, 6) is 0.705. The summed E-state index contributed by atoms with van der Waals surface area (Å²) in [5, 5.41) is 3.59. The molecule has 0 aliphatic carbocycles. The van der Waals surface area contributed by atoms with E-state index in [2.05, 4.69) is 23.2 Å². The topological polar surface area (TPSA) is 50.8 Å². The van der Waals surface area contributed by atoms with Crippen molar-refractivity contribution in [2.24, 2.45) is 0 Å². The number of carbonyl (C=O) groups excluding carboxylic acids is 1. The fourth-order valence-electron chi connectivity index (χ4n) is 2.59. The Labute approximate surface area is 126 Å². The third kappa shape index (κ3) is 4.36. The molecule has 116 valence electrons. The Kier molecular flexibility index (Phi) is 5.44. The maximum absolute atomic E-state index is 11.3. The van der Waals surface area contributed by atoms with Crippen LogP contribution < -0.4 is 10.1 Å². The van der Waals surface area contributed by atoms with Crippen LogP contribution in [-0.2, 0) is 9.53 Å². The Bertz CT molecular complexity index is 482. The monoisotopic (exact) mass is 292 g/mol. The Hall–Kier alpha value is -1.75. The number of methoxy groups -OCH3 is 2. The van der Waals surface area contributed by atoms with Gasteiger partial charge in [0.15, 0.2) is 0 Å². The van der Waals surface area contributed by atoms with Crippen molar-refractivity contribution in [3.8, 4) is 5.75 Å².